The summed E-state index contributed by atoms with van der Waals surface area (Å²) in [4.78, 5) is 12.7. The van der Waals surface area contributed by atoms with Gasteiger partial charge in [0.2, 0.25) is 0 Å². The van der Waals surface area contributed by atoms with Crippen LogP contribution in [0.5, 0.6) is 0 Å². The van der Waals surface area contributed by atoms with Crippen LogP contribution in [0.25, 0.3) is 0 Å². The summed E-state index contributed by atoms with van der Waals surface area (Å²) < 4.78 is 41.3. The van der Waals surface area contributed by atoms with Gasteiger partial charge in [-0.3, -0.25) is 4.79 Å². The Balaban J connectivity index is 2.08. The number of halogens is 4. The summed E-state index contributed by atoms with van der Waals surface area (Å²) in [5.41, 5.74) is -2.45. The molecule has 1 N–H and O–H groups in total. The molecule has 1 saturated carbocycles. The van der Waals surface area contributed by atoms with Crippen LogP contribution in [-0.2, 0) is 0 Å². The summed E-state index contributed by atoms with van der Waals surface area (Å²) in [6, 6.07) is 4.22. The van der Waals surface area contributed by atoms with Gasteiger partial charge in [-0.05, 0) is 43.4 Å². The Morgan fingerprint density at radius 3 is 2.68 bits per heavy atom. The van der Waals surface area contributed by atoms with Gasteiger partial charge in [0.1, 0.15) is 0 Å². The van der Waals surface area contributed by atoms with Crippen molar-refractivity contribution in [3.63, 3.8) is 0 Å². The van der Waals surface area contributed by atoms with Gasteiger partial charge in [-0.25, -0.2) is 0 Å². The van der Waals surface area contributed by atoms with Crippen molar-refractivity contribution < 1.29 is 23.1 Å². The van der Waals surface area contributed by atoms with E-state index in [1.165, 1.54) is 12.1 Å². The van der Waals surface area contributed by atoms with Crippen molar-refractivity contribution >= 4 is 23.2 Å². The SMILES string of the molecule is Cc1ccc(C(=O)N2N=C3[C@H](C)CCC[C@@H]3[C@]2(O)C(F)(F)F)cc1Cl. The van der Waals surface area contributed by atoms with Crippen LogP contribution >= 0.6 is 11.6 Å². The zero-order valence-electron chi connectivity index (χ0n) is 13.8. The lowest BCUT2D eigenvalue weighted by molar-refractivity contribution is -0.312. The van der Waals surface area contributed by atoms with Gasteiger partial charge in [0.25, 0.3) is 11.6 Å². The molecule has 8 heteroatoms. The lowest BCUT2D eigenvalue weighted by Crippen LogP contribution is -2.61. The monoisotopic (exact) mass is 374 g/mol. The normalized spacial score (nSPS) is 29.4. The third-order valence-electron chi connectivity index (χ3n) is 5.04. The number of aryl methyl sites for hydroxylation is 1. The van der Waals surface area contributed by atoms with Crippen LogP contribution < -0.4 is 0 Å². The maximum atomic E-state index is 13.8. The number of amides is 1. The highest BCUT2D eigenvalue weighted by atomic mass is 35.5. The summed E-state index contributed by atoms with van der Waals surface area (Å²) in [5.74, 6) is -2.47. The van der Waals surface area contributed by atoms with Gasteiger partial charge in [0.05, 0.1) is 5.92 Å². The number of hydrazone groups is 1. The topological polar surface area (TPSA) is 52.9 Å². The molecule has 0 saturated heterocycles. The van der Waals surface area contributed by atoms with Crippen LogP contribution in [0.3, 0.4) is 0 Å². The summed E-state index contributed by atoms with van der Waals surface area (Å²) in [7, 11) is 0. The molecule has 1 aliphatic carbocycles. The molecule has 0 aromatic heterocycles. The van der Waals surface area contributed by atoms with E-state index in [0.29, 0.717) is 18.4 Å². The van der Waals surface area contributed by atoms with Gasteiger partial charge in [-0.2, -0.15) is 23.3 Å². The van der Waals surface area contributed by atoms with Crippen molar-refractivity contribution in [2.75, 3.05) is 0 Å². The highest BCUT2D eigenvalue weighted by Gasteiger charge is 2.69. The van der Waals surface area contributed by atoms with Crippen molar-refractivity contribution in [2.45, 2.75) is 45.0 Å². The third-order valence-corrected chi connectivity index (χ3v) is 5.45. The van der Waals surface area contributed by atoms with Crippen LogP contribution in [0, 0.1) is 18.8 Å². The van der Waals surface area contributed by atoms with Crippen molar-refractivity contribution in [2.24, 2.45) is 16.9 Å². The number of fused-ring (bicyclic) bond motifs is 1. The molecule has 1 amide bonds. The number of rotatable bonds is 1. The Kier molecular flexibility index (Phi) is 4.36. The van der Waals surface area contributed by atoms with Gasteiger partial charge in [0, 0.05) is 16.3 Å². The molecule has 136 valence electrons. The van der Waals surface area contributed by atoms with Gasteiger partial charge in [-0.1, -0.05) is 31.0 Å². The van der Waals surface area contributed by atoms with Crippen LogP contribution in [0.1, 0.15) is 42.1 Å². The lowest BCUT2D eigenvalue weighted by atomic mass is 9.75. The molecule has 1 aromatic carbocycles. The van der Waals surface area contributed by atoms with E-state index in [-0.39, 0.29) is 33.6 Å². The van der Waals surface area contributed by atoms with Gasteiger partial charge >= 0.3 is 6.18 Å². The van der Waals surface area contributed by atoms with Gasteiger partial charge < -0.3 is 5.11 Å². The first kappa shape index (κ1) is 18.2. The second-order valence-electron chi connectivity index (χ2n) is 6.71. The minimum Gasteiger partial charge on any atom is -0.362 e. The van der Waals surface area contributed by atoms with E-state index in [0.717, 1.165) is 0 Å². The van der Waals surface area contributed by atoms with E-state index in [1.807, 2.05) is 0 Å². The largest absolute Gasteiger partial charge is 0.439 e. The predicted octanol–water partition coefficient (Wildman–Crippen LogP) is 4.15. The molecule has 0 unspecified atom stereocenters. The predicted molar refractivity (Wildman–Crippen MR) is 87.3 cm³/mol. The van der Waals surface area contributed by atoms with E-state index in [2.05, 4.69) is 5.10 Å². The van der Waals surface area contributed by atoms with Crippen molar-refractivity contribution in [3.8, 4) is 0 Å². The molecule has 3 atom stereocenters. The summed E-state index contributed by atoms with van der Waals surface area (Å²) in [6.45, 7) is 3.48. The molecule has 1 heterocycles. The summed E-state index contributed by atoms with van der Waals surface area (Å²) >= 11 is 5.98. The average Bonchev–Trinajstić information content (AvgIpc) is 2.85. The number of aliphatic hydroxyl groups is 1. The number of hydrogen-bond acceptors (Lipinski definition) is 3. The van der Waals surface area contributed by atoms with Gasteiger partial charge in [-0.15, -0.1) is 0 Å². The number of nitrogens with zero attached hydrogens (tertiary/aromatic N) is 2. The molecule has 0 radical (unpaired) electrons. The fourth-order valence-electron chi connectivity index (χ4n) is 3.55. The quantitative estimate of drug-likeness (QED) is 0.803. The fourth-order valence-corrected chi connectivity index (χ4v) is 3.73. The van der Waals surface area contributed by atoms with Crippen LogP contribution in [0.4, 0.5) is 13.2 Å². The molecule has 2 aliphatic rings. The Bertz CT molecular complexity index is 750. The molecule has 0 spiro atoms. The highest BCUT2D eigenvalue weighted by Crippen LogP contribution is 2.49. The average molecular weight is 375 g/mol. The summed E-state index contributed by atoms with van der Waals surface area (Å²) in [6.07, 6.45) is -3.66. The highest BCUT2D eigenvalue weighted by molar-refractivity contribution is 6.31. The molecule has 4 nitrogen and oxygen atoms in total. The molecule has 1 aliphatic heterocycles. The first-order valence-electron chi connectivity index (χ1n) is 8.05. The number of alkyl halides is 3. The lowest BCUT2D eigenvalue weighted by Gasteiger charge is -2.39. The first-order valence-corrected chi connectivity index (χ1v) is 8.43. The second kappa shape index (κ2) is 5.99. The zero-order valence-corrected chi connectivity index (χ0v) is 14.5. The van der Waals surface area contributed by atoms with E-state index >= 15 is 0 Å². The summed E-state index contributed by atoms with van der Waals surface area (Å²) in [5, 5.41) is 15.0. The minimum absolute atomic E-state index is 0.0473. The maximum absolute atomic E-state index is 13.8. The number of hydrogen-bond donors (Lipinski definition) is 1. The van der Waals surface area contributed by atoms with Crippen molar-refractivity contribution in [3.05, 3.63) is 34.3 Å². The molecule has 1 fully saturated rings. The Hall–Kier alpha value is -1.60. The Morgan fingerprint density at radius 1 is 1.40 bits per heavy atom. The molecular weight excluding hydrogens is 357 g/mol. The minimum atomic E-state index is -5.02. The zero-order chi connectivity index (χ0) is 18.6. The maximum Gasteiger partial charge on any atom is 0.439 e. The molecule has 1 aromatic rings. The van der Waals surface area contributed by atoms with E-state index < -0.39 is 23.7 Å². The number of benzene rings is 1. The van der Waals surface area contributed by atoms with Crippen molar-refractivity contribution in [1.82, 2.24) is 5.01 Å². The Labute approximate surface area is 148 Å². The molecule has 3 rings (SSSR count). The smallest absolute Gasteiger partial charge is 0.362 e. The van der Waals surface area contributed by atoms with E-state index in [9.17, 15) is 23.1 Å². The third kappa shape index (κ3) is 2.73. The van der Waals surface area contributed by atoms with Crippen molar-refractivity contribution in [1.29, 1.82) is 0 Å². The number of carbonyl (C=O) groups is 1. The van der Waals surface area contributed by atoms with Gasteiger partial charge in [0.15, 0.2) is 0 Å². The molecule has 25 heavy (non-hydrogen) atoms. The molecular formula is C17H18ClF3N2O2. The fraction of sp³-hybridized carbons (Fsp3) is 0.529. The van der Waals surface area contributed by atoms with Crippen LogP contribution in [-0.4, -0.2) is 33.6 Å². The van der Waals surface area contributed by atoms with E-state index in [4.69, 9.17) is 11.6 Å². The van der Waals surface area contributed by atoms with Crippen LogP contribution in [0.15, 0.2) is 23.3 Å². The van der Waals surface area contributed by atoms with E-state index in [1.54, 1.807) is 19.9 Å². The van der Waals surface area contributed by atoms with Crippen LogP contribution in [0.2, 0.25) is 5.02 Å². The molecule has 0 bridgehead atoms. The first-order chi connectivity index (χ1) is 11.6. The second-order valence-corrected chi connectivity index (χ2v) is 7.12. The number of carbonyl (C=O) groups excluding carboxylic acids is 1. The Morgan fingerprint density at radius 2 is 2.08 bits per heavy atom. The standard InChI is InChI=1S/C17H18ClF3N2O2/c1-9-6-7-11(8-13(9)18)15(24)23-16(25,17(19,20)21)12-5-3-4-10(2)14(12)22-23/h6-8,10,12,25H,3-5H2,1-2H3/t10-,12+,16+/m1/s1.